The Bertz CT molecular complexity index is 950. The lowest BCUT2D eigenvalue weighted by Gasteiger charge is -2.09. The summed E-state index contributed by atoms with van der Waals surface area (Å²) in [5, 5.41) is 0. The Morgan fingerprint density at radius 2 is 1.14 bits per heavy atom. The van der Waals surface area contributed by atoms with Crippen LogP contribution in [0.1, 0.15) is 52.7 Å². The number of nitrogens with zero attached hydrogens (tertiary/aromatic N) is 4. The van der Waals surface area contributed by atoms with E-state index in [-0.39, 0.29) is 24.2 Å². The van der Waals surface area contributed by atoms with Gasteiger partial charge >= 0.3 is 12.2 Å². The fourth-order valence-corrected chi connectivity index (χ4v) is 2.18. The van der Waals surface area contributed by atoms with Gasteiger partial charge in [-0.3, -0.25) is 0 Å². The quantitative estimate of drug-likeness (QED) is 0.396. The molecule has 0 bridgehead atoms. The van der Waals surface area contributed by atoms with Gasteiger partial charge in [-0.1, -0.05) is 6.07 Å². The summed E-state index contributed by atoms with van der Waals surface area (Å²) in [6, 6.07) is 8.23. The molecule has 0 radical (unpaired) electrons. The lowest BCUT2D eigenvalue weighted by Crippen LogP contribution is -2.09. The van der Waals surface area contributed by atoms with Gasteiger partial charge in [-0.2, -0.15) is 13.2 Å². The molecule has 0 atom stereocenters. The minimum Gasteiger partial charge on any atom is -0.475 e. The van der Waals surface area contributed by atoms with Crippen molar-refractivity contribution in [1.29, 1.82) is 0 Å². The van der Waals surface area contributed by atoms with Crippen LogP contribution < -0.4 is 14.2 Å². The molecular formula is C25H33F3N4O3. The molecule has 0 aliphatic heterocycles. The standard InChI is InChI=1S/C9H10F3NO.C9H13NO.C7H10N2O/c1-6(2)14-8-4-3-7(5-13-8)9(10,11)12;1-7(2)11-9-5-4-8(3)6-10-9;1-6(2)10-7-8-4-3-5-9-7/h3-6H,1-2H3;4-7H,1-3H3;3-6H,1-2H3. The number of rotatable bonds is 6. The fourth-order valence-electron chi connectivity index (χ4n) is 2.18. The van der Waals surface area contributed by atoms with Gasteiger partial charge in [-0.15, -0.1) is 0 Å². The highest BCUT2D eigenvalue weighted by Crippen LogP contribution is 2.29. The highest BCUT2D eigenvalue weighted by atomic mass is 19.4. The Hall–Kier alpha value is -3.43. The zero-order chi connectivity index (χ0) is 26.4. The highest BCUT2D eigenvalue weighted by Gasteiger charge is 2.30. The summed E-state index contributed by atoms with van der Waals surface area (Å²) in [6.45, 7) is 13.4. The fraction of sp³-hybridized carbons (Fsp3) is 0.440. The van der Waals surface area contributed by atoms with Crippen molar-refractivity contribution >= 4 is 0 Å². The monoisotopic (exact) mass is 494 g/mol. The largest absolute Gasteiger partial charge is 0.475 e. The molecular weight excluding hydrogens is 461 g/mol. The van der Waals surface area contributed by atoms with Crippen molar-refractivity contribution in [1.82, 2.24) is 19.9 Å². The maximum absolute atomic E-state index is 12.1. The topological polar surface area (TPSA) is 79.2 Å². The molecule has 0 N–H and O–H groups in total. The van der Waals surface area contributed by atoms with Crippen LogP contribution in [0.5, 0.6) is 17.8 Å². The number of ether oxygens (including phenoxy) is 3. The highest BCUT2D eigenvalue weighted by molar-refractivity contribution is 5.20. The number of alkyl halides is 3. The summed E-state index contributed by atoms with van der Waals surface area (Å²) < 4.78 is 52.0. The predicted molar refractivity (Wildman–Crippen MR) is 128 cm³/mol. The van der Waals surface area contributed by atoms with E-state index >= 15 is 0 Å². The summed E-state index contributed by atoms with van der Waals surface area (Å²) in [7, 11) is 0. The van der Waals surface area contributed by atoms with E-state index < -0.39 is 11.7 Å². The van der Waals surface area contributed by atoms with Crippen LogP contribution in [0.3, 0.4) is 0 Å². The molecule has 0 amide bonds. The van der Waals surface area contributed by atoms with Gasteiger partial charge in [0.2, 0.25) is 11.8 Å². The van der Waals surface area contributed by atoms with Gasteiger partial charge in [-0.05, 0) is 66.2 Å². The molecule has 10 heteroatoms. The second-order valence-electron chi connectivity index (χ2n) is 8.09. The van der Waals surface area contributed by atoms with Crippen LogP contribution in [0, 0.1) is 6.92 Å². The van der Waals surface area contributed by atoms with Crippen LogP contribution >= 0.6 is 0 Å². The van der Waals surface area contributed by atoms with Crippen LogP contribution in [0.4, 0.5) is 13.2 Å². The van der Waals surface area contributed by atoms with Gasteiger partial charge in [0.25, 0.3) is 0 Å². The van der Waals surface area contributed by atoms with Crippen molar-refractivity contribution in [3.8, 4) is 17.8 Å². The van der Waals surface area contributed by atoms with E-state index in [1.54, 1.807) is 38.5 Å². The van der Waals surface area contributed by atoms with E-state index in [9.17, 15) is 13.2 Å². The molecule has 3 aromatic heterocycles. The minimum atomic E-state index is -4.34. The van der Waals surface area contributed by atoms with E-state index in [1.807, 2.05) is 46.8 Å². The number of hydrogen-bond acceptors (Lipinski definition) is 7. The van der Waals surface area contributed by atoms with E-state index in [0.29, 0.717) is 11.9 Å². The number of halogens is 3. The molecule has 7 nitrogen and oxygen atoms in total. The molecule has 0 saturated carbocycles. The van der Waals surface area contributed by atoms with Crippen LogP contribution in [-0.4, -0.2) is 38.2 Å². The van der Waals surface area contributed by atoms with Crippen LogP contribution in [0.15, 0.2) is 55.1 Å². The molecule has 0 unspecified atom stereocenters. The molecule has 0 saturated heterocycles. The Kier molecular flexibility index (Phi) is 12.5. The smallest absolute Gasteiger partial charge is 0.417 e. The Morgan fingerprint density at radius 1 is 0.657 bits per heavy atom. The van der Waals surface area contributed by atoms with Gasteiger partial charge in [0.15, 0.2) is 0 Å². The number of pyridine rings is 2. The average molecular weight is 495 g/mol. The molecule has 3 heterocycles. The third-order valence-electron chi connectivity index (χ3n) is 3.54. The summed E-state index contributed by atoms with van der Waals surface area (Å²) in [4.78, 5) is 15.4. The number of aromatic nitrogens is 4. The average Bonchev–Trinajstić information content (AvgIpc) is 2.76. The number of aryl methyl sites for hydroxylation is 1. The number of hydrogen-bond donors (Lipinski definition) is 0. The minimum absolute atomic E-state index is 0.0979. The molecule has 3 rings (SSSR count). The maximum atomic E-state index is 12.1. The SMILES string of the molecule is CC(C)Oc1ccc(C(F)(F)F)cn1.CC(C)Oc1ncccn1.Cc1ccc(OC(C)C)nc1. The summed E-state index contributed by atoms with van der Waals surface area (Å²) >= 11 is 0. The first kappa shape index (κ1) is 29.6. The Balaban J connectivity index is 0.000000267. The van der Waals surface area contributed by atoms with Crippen molar-refractivity contribution in [2.24, 2.45) is 0 Å². The summed E-state index contributed by atoms with van der Waals surface area (Å²) in [5.74, 6) is 0.901. The van der Waals surface area contributed by atoms with Gasteiger partial charge < -0.3 is 14.2 Å². The zero-order valence-electron chi connectivity index (χ0n) is 21.1. The lowest BCUT2D eigenvalue weighted by molar-refractivity contribution is -0.137. The third-order valence-corrected chi connectivity index (χ3v) is 3.54. The van der Waals surface area contributed by atoms with E-state index in [1.165, 1.54) is 6.07 Å². The molecule has 35 heavy (non-hydrogen) atoms. The normalized spacial score (nSPS) is 10.8. The summed E-state index contributed by atoms with van der Waals surface area (Å²) in [6.07, 6.45) is 1.78. The van der Waals surface area contributed by atoms with Crippen molar-refractivity contribution in [3.05, 3.63) is 66.2 Å². The van der Waals surface area contributed by atoms with Crippen LogP contribution in [-0.2, 0) is 6.18 Å². The Labute approximate surface area is 204 Å². The maximum Gasteiger partial charge on any atom is 0.417 e. The molecule has 0 aliphatic rings. The zero-order valence-corrected chi connectivity index (χ0v) is 21.1. The predicted octanol–water partition coefficient (Wildman–Crippen LogP) is 6.33. The van der Waals surface area contributed by atoms with Crippen molar-refractivity contribution < 1.29 is 27.4 Å². The molecule has 0 aliphatic carbocycles. The van der Waals surface area contributed by atoms with Crippen molar-refractivity contribution in [2.45, 2.75) is 73.0 Å². The second-order valence-corrected chi connectivity index (χ2v) is 8.09. The van der Waals surface area contributed by atoms with E-state index in [2.05, 4.69) is 19.9 Å². The third kappa shape index (κ3) is 13.8. The second kappa shape index (κ2) is 14.7. The molecule has 3 aromatic rings. The van der Waals surface area contributed by atoms with Crippen LogP contribution in [0.25, 0.3) is 0 Å². The molecule has 0 aromatic carbocycles. The van der Waals surface area contributed by atoms with Gasteiger partial charge in [0.05, 0.1) is 23.9 Å². The van der Waals surface area contributed by atoms with E-state index in [4.69, 9.17) is 14.2 Å². The van der Waals surface area contributed by atoms with E-state index in [0.717, 1.165) is 17.8 Å². The van der Waals surface area contributed by atoms with Crippen molar-refractivity contribution in [3.63, 3.8) is 0 Å². The van der Waals surface area contributed by atoms with Gasteiger partial charge in [0.1, 0.15) is 0 Å². The molecule has 0 spiro atoms. The first-order chi connectivity index (χ1) is 16.4. The molecule has 0 fully saturated rings. The van der Waals surface area contributed by atoms with Gasteiger partial charge in [-0.25, -0.2) is 19.9 Å². The van der Waals surface area contributed by atoms with Gasteiger partial charge in [0, 0.05) is 36.9 Å². The first-order valence-electron chi connectivity index (χ1n) is 11.1. The summed E-state index contributed by atoms with van der Waals surface area (Å²) in [5.41, 5.74) is 0.384. The van der Waals surface area contributed by atoms with Crippen molar-refractivity contribution in [2.75, 3.05) is 0 Å². The Morgan fingerprint density at radius 3 is 1.51 bits per heavy atom. The molecule has 192 valence electrons. The van der Waals surface area contributed by atoms with Crippen LogP contribution in [0.2, 0.25) is 0 Å². The first-order valence-corrected chi connectivity index (χ1v) is 11.1. The lowest BCUT2D eigenvalue weighted by atomic mass is 10.3.